The number of ether oxygens (including phenoxy) is 2. The van der Waals surface area contributed by atoms with Crippen LogP contribution in [-0.4, -0.2) is 39.8 Å². The summed E-state index contributed by atoms with van der Waals surface area (Å²) in [6.07, 6.45) is 0.547. The zero-order chi connectivity index (χ0) is 21.6. The summed E-state index contributed by atoms with van der Waals surface area (Å²) >= 11 is 0. The van der Waals surface area contributed by atoms with Crippen LogP contribution in [-0.2, 0) is 21.4 Å². The minimum absolute atomic E-state index is 0.111. The quantitative estimate of drug-likeness (QED) is 0.674. The predicted molar refractivity (Wildman–Crippen MR) is 114 cm³/mol. The second kappa shape index (κ2) is 9.65. The van der Waals surface area contributed by atoms with Crippen LogP contribution in [0.1, 0.15) is 26.3 Å². The molecule has 0 fully saturated rings. The van der Waals surface area contributed by atoms with Crippen LogP contribution in [0.5, 0.6) is 11.5 Å². The molecular formula is C21H28N2O5S. The lowest BCUT2D eigenvalue weighted by Gasteiger charge is -2.18. The van der Waals surface area contributed by atoms with Gasteiger partial charge in [0.15, 0.2) is 6.10 Å². The number of rotatable bonds is 9. The van der Waals surface area contributed by atoms with Gasteiger partial charge in [-0.05, 0) is 62.7 Å². The molecule has 1 amide bonds. The molecule has 0 aliphatic carbocycles. The topological polar surface area (TPSA) is 84.9 Å². The van der Waals surface area contributed by atoms with Crippen LogP contribution in [0.25, 0.3) is 0 Å². The SMILES string of the molecule is CC(C)Oc1ccc(CNC(=O)[C@H](C)Oc2ccc(N(C)S(C)(=O)=O)cc2)cc1. The Morgan fingerprint density at radius 2 is 1.48 bits per heavy atom. The number of sulfonamides is 1. The zero-order valence-corrected chi connectivity index (χ0v) is 18.2. The number of benzene rings is 2. The van der Waals surface area contributed by atoms with Crippen LogP contribution in [0.2, 0.25) is 0 Å². The van der Waals surface area contributed by atoms with Crippen molar-refractivity contribution >= 4 is 21.6 Å². The van der Waals surface area contributed by atoms with Gasteiger partial charge >= 0.3 is 0 Å². The third kappa shape index (κ3) is 6.98. The number of amides is 1. The number of carbonyl (C=O) groups excluding carboxylic acids is 1. The molecule has 2 aromatic carbocycles. The lowest BCUT2D eigenvalue weighted by Crippen LogP contribution is -2.35. The third-order valence-corrected chi connectivity index (χ3v) is 5.35. The van der Waals surface area contributed by atoms with Crippen molar-refractivity contribution in [3.05, 3.63) is 54.1 Å². The van der Waals surface area contributed by atoms with Gasteiger partial charge in [-0.15, -0.1) is 0 Å². The molecule has 0 aromatic heterocycles. The monoisotopic (exact) mass is 420 g/mol. The molecule has 0 aliphatic heterocycles. The van der Waals surface area contributed by atoms with Crippen LogP contribution in [0.3, 0.4) is 0 Å². The molecule has 2 aromatic rings. The number of nitrogens with one attached hydrogen (secondary N) is 1. The average molecular weight is 421 g/mol. The molecule has 2 rings (SSSR count). The molecule has 0 aliphatic rings. The molecule has 0 heterocycles. The normalized spacial score (nSPS) is 12.3. The third-order valence-electron chi connectivity index (χ3n) is 4.14. The Bertz CT molecular complexity index is 909. The van der Waals surface area contributed by atoms with Gasteiger partial charge in [-0.3, -0.25) is 9.10 Å². The Morgan fingerprint density at radius 3 is 2.00 bits per heavy atom. The summed E-state index contributed by atoms with van der Waals surface area (Å²) in [6, 6.07) is 14.1. The van der Waals surface area contributed by atoms with Crippen LogP contribution in [0.4, 0.5) is 5.69 Å². The molecule has 0 bridgehead atoms. The number of hydrogen-bond acceptors (Lipinski definition) is 5. The van der Waals surface area contributed by atoms with Gasteiger partial charge in [0.2, 0.25) is 10.0 Å². The number of anilines is 1. The second-order valence-electron chi connectivity index (χ2n) is 7.01. The van der Waals surface area contributed by atoms with E-state index in [2.05, 4.69) is 5.32 Å². The van der Waals surface area contributed by atoms with E-state index in [9.17, 15) is 13.2 Å². The summed E-state index contributed by atoms with van der Waals surface area (Å²) in [5, 5.41) is 2.84. The highest BCUT2D eigenvalue weighted by Gasteiger charge is 2.16. The number of carbonyl (C=O) groups is 1. The highest BCUT2D eigenvalue weighted by Crippen LogP contribution is 2.21. The Kier molecular flexibility index (Phi) is 7.50. The predicted octanol–water partition coefficient (Wildman–Crippen LogP) is 2.95. The van der Waals surface area contributed by atoms with E-state index in [1.807, 2.05) is 38.1 Å². The van der Waals surface area contributed by atoms with Crippen molar-refractivity contribution in [3.63, 3.8) is 0 Å². The van der Waals surface area contributed by atoms with Gasteiger partial charge in [0.05, 0.1) is 18.0 Å². The molecule has 0 radical (unpaired) electrons. The minimum Gasteiger partial charge on any atom is -0.491 e. The van der Waals surface area contributed by atoms with Crippen molar-refractivity contribution in [2.45, 2.75) is 39.5 Å². The lowest BCUT2D eigenvalue weighted by molar-refractivity contribution is -0.127. The molecule has 1 N–H and O–H groups in total. The average Bonchev–Trinajstić information content (AvgIpc) is 2.66. The molecular weight excluding hydrogens is 392 g/mol. The van der Waals surface area contributed by atoms with E-state index >= 15 is 0 Å². The molecule has 1 atom stereocenters. The fourth-order valence-electron chi connectivity index (χ4n) is 2.47. The second-order valence-corrected chi connectivity index (χ2v) is 9.03. The van der Waals surface area contributed by atoms with E-state index in [1.165, 1.54) is 11.4 Å². The maximum Gasteiger partial charge on any atom is 0.261 e. The van der Waals surface area contributed by atoms with Gasteiger partial charge in [0, 0.05) is 13.6 Å². The van der Waals surface area contributed by atoms with Crippen molar-refractivity contribution in [2.24, 2.45) is 0 Å². The van der Waals surface area contributed by atoms with Gasteiger partial charge in [-0.1, -0.05) is 12.1 Å². The van der Waals surface area contributed by atoms with Gasteiger partial charge in [-0.25, -0.2) is 8.42 Å². The van der Waals surface area contributed by atoms with Gasteiger partial charge in [0.25, 0.3) is 5.91 Å². The molecule has 8 heteroatoms. The largest absolute Gasteiger partial charge is 0.491 e. The van der Waals surface area contributed by atoms with E-state index in [1.54, 1.807) is 31.2 Å². The van der Waals surface area contributed by atoms with Crippen molar-refractivity contribution in [1.29, 1.82) is 0 Å². The summed E-state index contributed by atoms with van der Waals surface area (Å²) in [7, 11) is -1.85. The summed E-state index contributed by atoms with van der Waals surface area (Å²) in [4.78, 5) is 12.3. The van der Waals surface area contributed by atoms with Crippen molar-refractivity contribution in [3.8, 4) is 11.5 Å². The first kappa shape index (κ1) is 22.5. The molecule has 0 saturated carbocycles. The zero-order valence-electron chi connectivity index (χ0n) is 17.4. The first-order valence-electron chi connectivity index (χ1n) is 9.30. The first-order valence-corrected chi connectivity index (χ1v) is 11.1. The maximum absolute atomic E-state index is 12.3. The van der Waals surface area contributed by atoms with E-state index < -0.39 is 16.1 Å². The van der Waals surface area contributed by atoms with Crippen LogP contribution in [0, 0.1) is 0 Å². The standard InChI is InChI=1S/C21H28N2O5S/c1-15(2)27-19-10-6-17(7-11-19)14-22-21(24)16(3)28-20-12-8-18(9-13-20)23(4)29(5,25)26/h6-13,15-16H,14H2,1-5H3,(H,22,24)/t16-/m0/s1. The van der Waals surface area contributed by atoms with Gasteiger partial charge < -0.3 is 14.8 Å². The Hall–Kier alpha value is -2.74. The van der Waals surface area contributed by atoms with E-state index in [0.29, 0.717) is 18.0 Å². The van der Waals surface area contributed by atoms with Crippen LogP contribution < -0.4 is 19.1 Å². The summed E-state index contributed by atoms with van der Waals surface area (Å²) < 4.78 is 35.6. The molecule has 29 heavy (non-hydrogen) atoms. The van der Waals surface area contributed by atoms with Gasteiger partial charge in [0.1, 0.15) is 11.5 Å². The van der Waals surface area contributed by atoms with E-state index in [4.69, 9.17) is 9.47 Å². The van der Waals surface area contributed by atoms with Crippen LogP contribution >= 0.6 is 0 Å². The molecule has 0 saturated heterocycles. The fourth-order valence-corrected chi connectivity index (χ4v) is 2.98. The van der Waals surface area contributed by atoms with E-state index in [0.717, 1.165) is 17.6 Å². The van der Waals surface area contributed by atoms with Crippen LogP contribution in [0.15, 0.2) is 48.5 Å². The Morgan fingerprint density at radius 1 is 0.966 bits per heavy atom. The highest BCUT2D eigenvalue weighted by atomic mass is 32.2. The Balaban J connectivity index is 1.87. The summed E-state index contributed by atoms with van der Waals surface area (Å²) in [5.74, 6) is 1.02. The summed E-state index contributed by atoms with van der Waals surface area (Å²) in [6.45, 7) is 5.97. The van der Waals surface area contributed by atoms with E-state index in [-0.39, 0.29) is 12.0 Å². The molecule has 158 valence electrons. The van der Waals surface area contributed by atoms with Crippen molar-refractivity contribution in [2.75, 3.05) is 17.6 Å². The molecule has 0 spiro atoms. The number of nitrogens with zero attached hydrogens (tertiary/aromatic N) is 1. The van der Waals surface area contributed by atoms with Gasteiger partial charge in [-0.2, -0.15) is 0 Å². The molecule has 7 nitrogen and oxygen atoms in total. The fraction of sp³-hybridized carbons (Fsp3) is 0.381. The Labute approximate surface area is 172 Å². The van der Waals surface area contributed by atoms with Crippen molar-refractivity contribution < 1.29 is 22.7 Å². The maximum atomic E-state index is 12.3. The molecule has 0 unspecified atom stereocenters. The highest BCUT2D eigenvalue weighted by molar-refractivity contribution is 7.92. The number of hydrogen-bond donors (Lipinski definition) is 1. The van der Waals surface area contributed by atoms with Crippen molar-refractivity contribution in [1.82, 2.24) is 5.32 Å². The summed E-state index contributed by atoms with van der Waals surface area (Å²) in [5.41, 5.74) is 1.47. The smallest absolute Gasteiger partial charge is 0.261 e. The minimum atomic E-state index is -3.33. The first-order chi connectivity index (χ1) is 13.6. The lowest BCUT2D eigenvalue weighted by atomic mass is 10.2.